The molecule has 0 atom stereocenters. The number of nitrogens with one attached hydrogen (secondary N) is 2. The second kappa shape index (κ2) is 8.27. The van der Waals surface area contributed by atoms with Gasteiger partial charge in [-0.1, -0.05) is 6.07 Å². The van der Waals surface area contributed by atoms with Gasteiger partial charge in [0, 0.05) is 17.4 Å². The van der Waals surface area contributed by atoms with E-state index in [0.29, 0.717) is 23.9 Å². The van der Waals surface area contributed by atoms with Gasteiger partial charge in [-0.2, -0.15) is 0 Å². The topological polar surface area (TPSA) is 76.1 Å². The summed E-state index contributed by atoms with van der Waals surface area (Å²) in [6.45, 7) is 4.22. The number of aryl methyl sites for hydroxylation is 1. The van der Waals surface area contributed by atoms with Crippen molar-refractivity contribution in [3.63, 3.8) is 0 Å². The summed E-state index contributed by atoms with van der Waals surface area (Å²) in [4.78, 5) is 20.9. The van der Waals surface area contributed by atoms with E-state index in [4.69, 9.17) is 4.74 Å². The molecule has 6 nitrogen and oxygen atoms in total. The summed E-state index contributed by atoms with van der Waals surface area (Å²) in [5.41, 5.74) is 1.34. The molecule has 0 spiro atoms. The lowest BCUT2D eigenvalue weighted by Gasteiger charge is -2.10. The van der Waals surface area contributed by atoms with Crippen LogP contribution in [0.2, 0.25) is 0 Å². The zero-order valence-electron chi connectivity index (χ0n) is 15.0. The molecule has 0 saturated heterocycles. The maximum Gasteiger partial charge on any atom is 0.274 e. The van der Waals surface area contributed by atoms with Crippen LogP contribution in [0.5, 0.6) is 5.75 Å². The molecule has 0 radical (unpaired) electrons. The fourth-order valence-electron chi connectivity index (χ4n) is 2.46. The van der Waals surface area contributed by atoms with Crippen LogP contribution in [0, 0.1) is 12.7 Å². The molecular formula is C20H19FN4O2. The Balaban J connectivity index is 1.76. The van der Waals surface area contributed by atoms with E-state index in [0.717, 1.165) is 11.4 Å². The van der Waals surface area contributed by atoms with Gasteiger partial charge in [0.1, 0.15) is 28.9 Å². The average Bonchev–Trinajstić information content (AvgIpc) is 2.63. The monoisotopic (exact) mass is 366 g/mol. The maximum atomic E-state index is 13.3. The van der Waals surface area contributed by atoms with E-state index in [2.05, 4.69) is 20.6 Å². The molecule has 27 heavy (non-hydrogen) atoms. The van der Waals surface area contributed by atoms with Crippen molar-refractivity contribution in [1.29, 1.82) is 0 Å². The standard InChI is InChI=1S/C20H19FN4O2/c1-3-27-17-9-7-15(8-10-17)24-19-12-18(22-13(2)23-19)20(26)25-16-6-4-5-14(21)11-16/h4-12H,3H2,1-2H3,(H,25,26)(H,22,23,24). The largest absolute Gasteiger partial charge is 0.494 e. The summed E-state index contributed by atoms with van der Waals surface area (Å²) in [5.74, 6) is 0.828. The quantitative estimate of drug-likeness (QED) is 0.679. The fourth-order valence-corrected chi connectivity index (χ4v) is 2.46. The van der Waals surface area contributed by atoms with E-state index < -0.39 is 11.7 Å². The van der Waals surface area contributed by atoms with Gasteiger partial charge < -0.3 is 15.4 Å². The van der Waals surface area contributed by atoms with Gasteiger partial charge in [0.05, 0.1) is 6.61 Å². The van der Waals surface area contributed by atoms with E-state index >= 15 is 0 Å². The molecule has 0 aliphatic carbocycles. The maximum absolute atomic E-state index is 13.3. The number of nitrogens with zero attached hydrogens (tertiary/aromatic N) is 2. The van der Waals surface area contributed by atoms with Crippen molar-refractivity contribution < 1.29 is 13.9 Å². The summed E-state index contributed by atoms with van der Waals surface area (Å²) in [6.07, 6.45) is 0. The molecule has 7 heteroatoms. The first-order chi connectivity index (χ1) is 13.0. The van der Waals surface area contributed by atoms with Gasteiger partial charge in [-0.05, 0) is 56.3 Å². The molecular weight excluding hydrogens is 347 g/mol. The van der Waals surface area contributed by atoms with Crippen LogP contribution < -0.4 is 15.4 Å². The molecule has 1 amide bonds. The molecule has 1 aromatic heterocycles. The van der Waals surface area contributed by atoms with Gasteiger partial charge in [0.2, 0.25) is 0 Å². The van der Waals surface area contributed by atoms with Crippen LogP contribution in [0.25, 0.3) is 0 Å². The number of rotatable bonds is 6. The number of carbonyl (C=O) groups is 1. The third kappa shape index (κ3) is 5.01. The number of aromatic nitrogens is 2. The minimum atomic E-state index is -0.444. The van der Waals surface area contributed by atoms with E-state index in [1.807, 2.05) is 31.2 Å². The fraction of sp³-hybridized carbons (Fsp3) is 0.150. The number of ether oxygens (including phenoxy) is 1. The third-order valence-electron chi connectivity index (χ3n) is 3.59. The SMILES string of the molecule is CCOc1ccc(Nc2cc(C(=O)Nc3cccc(F)c3)nc(C)n2)cc1. The summed E-state index contributed by atoms with van der Waals surface area (Å²) < 4.78 is 18.7. The Kier molecular flexibility index (Phi) is 5.61. The van der Waals surface area contributed by atoms with Crippen molar-refractivity contribution in [3.8, 4) is 5.75 Å². The van der Waals surface area contributed by atoms with Gasteiger partial charge in [-0.15, -0.1) is 0 Å². The van der Waals surface area contributed by atoms with Crippen molar-refractivity contribution in [2.45, 2.75) is 13.8 Å². The predicted molar refractivity (Wildman–Crippen MR) is 102 cm³/mol. The first-order valence-electron chi connectivity index (χ1n) is 8.46. The molecule has 0 fully saturated rings. The average molecular weight is 366 g/mol. The highest BCUT2D eigenvalue weighted by atomic mass is 19.1. The van der Waals surface area contributed by atoms with Crippen LogP contribution in [0.4, 0.5) is 21.6 Å². The smallest absolute Gasteiger partial charge is 0.274 e. The number of hydrogen-bond donors (Lipinski definition) is 2. The Hall–Kier alpha value is -3.48. The molecule has 0 aliphatic rings. The summed E-state index contributed by atoms with van der Waals surface area (Å²) in [7, 11) is 0. The van der Waals surface area contributed by atoms with E-state index in [1.54, 1.807) is 13.0 Å². The number of anilines is 3. The van der Waals surface area contributed by atoms with Gasteiger partial charge >= 0.3 is 0 Å². The molecule has 3 aromatic rings. The van der Waals surface area contributed by atoms with Crippen LogP contribution in [-0.4, -0.2) is 22.5 Å². The molecule has 0 unspecified atom stereocenters. The molecule has 138 valence electrons. The molecule has 2 N–H and O–H groups in total. The minimum Gasteiger partial charge on any atom is -0.494 e. The summed E-state index contributed by atoms with van der Waals surface area (Å²) in [5, 5.41) is 5.76. The highest BCUT2D eigenvalue weighted by molar-refractivity contribution is 6.03. The summed E-state index contributed by atoms with van der Waals surface area (Å²) in [6, 6.07) is 14.6. The van der Waals surface area contributed by atoms with Crippen LogP contribution in [0.15, 0.2) is 54.6 Å². The van der Waals surface area contributed by atoms with E-state index in [1.165, 1.54) is 24.3 Å². The minimum absolute atomic E-state index is 0.181. The van der Waals surface area contributed by atoms with Crippen molar-refractivity contribution in [3.05, 3.63) is 71.9 Å². The lowest BCUT2D eigenvalue weighted by Crippen LogP contribution is -2.15. The highest BCUT2D eigenvalue weighted by Gasteiger charge is 2.11. The zero-order chi connectivity index (χ0) is 19.2. The van der Waals surface area contributed by atoms with Crippen molar-refractivity contribution in [1.82, 2.24) is 9.97 Å². The number of carbonyl (C=O) groups excluding carboxylic acids is 1. The number of benzene rings is 2. The molecule has 0 bridgehead atoms. The number of amides is 1. The summed E-state index contributed by atoms with van der Waals surface area (Å²) >= 11 is 0. The molecule has 2 aromatic carbocycles. The van der Waals surface area contributed by atoms with Gasteiger partial charge in [-0.3, -0.25) is 4.79 Å². The Morgan fingerprint density at radius 1 is 1.07 bits per heavy atom. The number of halogens is 1. The zero-order valence-corrected chi connectivity index (χ0v) is 15.0. The van der Waals surface area contributed by atoms with Crippen LogP contribution in [0.3, 0.4) is 0 Å². The Labute approximate surface area is 156 Å². The van der Waals surface area contributed by atoms with Crippen LogP contribution >= 0.6 is 0 Å². The van der Waals surface area contributed by atoms with Crippen LogP contribution in [-0.2, 0) is 0 Å². The van der Waals surface area contributed by atoms with E-state index in [9.17, 15) is 9.18 Å². The highest BCUT2D eigenvalue weighted by Crippen LogP contribution is 2.20. The van der Waals surface area contributed by atoms with Gasteiger partial charge in [0.15, 0.2) is 0 Å². The lowest BCUT2D eigenvalue weighted by atomic mass is 10.2. The lowest BCUT2D eigenvalue weighted by molar-refractivity contribution is 0.102. The molecule has 0 aliphatic heterocycles. The Bertz CT molecular complexity index is 945. The van der Waals surface area contributed by atoms with E-state index in [-0.39, 0.29) is 5.69 Å². The van der Waals surface area contributed by atoms with Crippen LogP contribution in [0.1, 0.15) is 23.2 Å². The second-order valence-corrected chi connectivity index (χ2v) is 5.73. The van der Waals surface area contributed by atoms with Gasteiger partial charge in [0.25, 0.3) is 5.91 Å². The second-order valence-electron chi connectivity index (χ2n) is 5.73. The Morgan fingerprint density at radius 3 is 2.56 bits per heavy atom. The molecule has 0 saturated carbocycles. The Morgan fingerprint density at radius 2 is 1.85 bits per heavy atom. The molecule has 1 heterocycles. The normalized spacial score (nSPS) is 10.3. The van der Waals surface area contributed by atoms with Crippen molar-refractivity contribution in [2.75, 3.05) is 17.2 Å². The third-order valence-corrected chi connectivity index (χ3v) is 3.59. The van der Waals surface area contributed by atoms with Gasteiger partial charge in [-0.25, -0.2) is 14.4 Å². The predicted octanol–water partition coefficient (Wildman–Crippen LogP) is 4.32. The van der Waals surface area contributed by atoms with Crippen molar-refractivity contribution >= 4 is 23.1 Å². The number of hydrogen-bond acceptors (Lipinski definition) is 5. The first kappa shape index (κ1) is 18.3. The van der Waals surface area contributed by atoms with Crippen molar-refractivity contribution in [2.24, 2.45) is 0 Å². The molecule has 3 rings (SSSR count). The first-order valence-corrected chi connectivity index (χ1v) is 8.46.